The van der Waals surface area contributed by atoms with Gasteiger partial charge in [-0.25, -0.2) is 9.97 Å². The summed E-state index contributed by atoms with van der Waals surface area (Å²) in [5, 5.41) is 0. The second-order valence-corrected chi connectivity index (χ2v) is 13.6. The maximum absolute atomic E-state index is 5.34. The van der Waals surface area contributed by atoms with Crippen molar-refractivity contribution in [3.8, 4) is 11.4 Å². The number of thiol groups is 2. The van der Waals surface area contributed by atoms with E-state index in [4.69, 9.17) is 35.2 Å². The zero-order valence-corrected chi connectivity index (χ0v) is 27.3. The Morgan fingerprint density at radius 3 is 1.30 bits per heavy atom. The van der Waals surface area contributed by atoms with Crippen molar-refractivity contribution in [1.82, 2.24) is 19.1 Å². The van der Waals surface area contributed by atoms with Gasteiger partial charge in [0.05, 0.1) is 11.4 Å². The van der Waals surface area contributed by atoms with Crippen molar-refractivity contribution in [2.24, 2.45) is 0 Å². The molecule has 6 heteroatoms. The van der Waals surface area contributed by atoms with Crippen LogP contribution in [0.4, 0.5) is 0 Å². The molecule has 0 amide bonds. The van der Waals surface area contributed by atoms with Crippen molar-refractivity contribution >= 4 is 25.3 Å². The molecule has 0 unspecified atom stereocenters. The third-order valence-electron chi connectivity index (χ3n) is 9.19. The van der Waals surface area contributed by atoms with Crippen molar-refractivity contribution in [2.75, 3.05) is 0 Å². The van der Waals surface area contributed by atoms with E-state index in [1.54, 1.807) is 0 Å². The number of aromatic nitrogens is 4. The molecule has 6 aromatic rings. The molecule has 1 aliphatic rings. The third kappa shape index (κ3) is 4.81. The first-order valence-corrected chi connectivity index (χ1v) is 15.9. The predicted molar refractivity (Wildman–Crippen MR) is 184 cm³/mol. The van der Waals surface area contributed by atoms with Crippen LogP contribution in [-0.4, -0.2) is 19.1 Å². The van der Waals surface area contributed by atoms with Crippen molar-refractivity contribution in [3.63, 3.8) is 0 Å². The third-order valence-corrected chi connectivity index (χ3v) is 10.2. The highest BCUT2D eigenvalue weighted by atomic mass is 32.1. The molecular formula is C38H36N4S2. The van der Waals surface area contributed by atoms with Crippen LogP contribution >= 0.6 is 25.3 Å². The first kappa shape index (κ1) is 28.8. The standard InChI is InChI=1S/C38H36N4S2/c1-37(2)29-19-11-13-25(35(29)43)21-34-40-32(24-42(34)28-17-9-6-10-18-28)38(3,4)30-20-12-14-26(36(30)44)22-33-39-31(37)23-41(33)27-15-7-5-8-16-27/h5-20,23-24,43-44H,21-22H2,1-4H3. The molecule has 0 radical (unpaired) electrons. The van der Waals surface area contributed by atoms with Gasteiger partial charge in [0.25, 0.3) is 0 Å². The summed E-state index contributed by atoms with van der Waals surface area (Å²) in [4.78, 5) is 12.6. The summed E-state index contributed by atoms with van der Waals surface area (Å²) < 4.78 is 4.46. The molecule has 0 saturated carbocycles. The summed E-state index contributed by atoms with van der Waals surface area (Å²) in [6.07, 6.45) is 5.68. The maximum atomic E-state index is 5.34. The lowest BCUT2D eigenvalue weighted by Crippen LogP contribution is -2.22. The smallest absolute Gasteiger partial charge is 0.118 e. The predicted octanol–water partition coefficient (Wildman–Crippen LogP) is 8.78. The zero-order chi connectivity index (χ0) is 30.6. The highest BCUT2D eigenvalue weighted by Gasteiger charge is 2.33. The molecule has 4 nitrogen and oxygen atoms in total. The second kappa shape index (κ2) is 10.9. The molecule has 0 atom stereocenters. The average molecular weight is 613 g/mol. The molecule has 0 saturated heterocycles. The van der Waals surface area contributed by atoms with Gasteiger partial charge in [-0.15, -0.1) is 25.3 Å². The number of fused-ring (bicyclic) bond motifs is 8. The van der Waals surface area contributed by atoms with E-state index in [-0.39, 0.29) is 0 Å². The lowest BCUT2D eigenvalue weighted by atomic mass is 9.80. The molecule has 0 fully saturated rings. The number of hydrogen-bond acceptors (Lipinski definition) is 4. The van der Waals surface area contributed by atoms with E-state index in [9.17, 15) is 0 Å². The van der Waals surface area contributed by atoms with Gasteiger partial charge in [0.1, 0.15) is 11.6 Å². The fourth-order valence-electron chi connectivity index (χ4n) is 6.41. The number of rotatable bonds is 2. The fourth-order valence-corrected chi connectivity index (χ4v) is 7.42. The fraction of sp³-hybridized carbons (Fsp3) is 0.211. The quantitative estimate of drug-likeness (QED) is 0.192. The van der Waals surface area contributed by atoms with Gasteiger partial charge < -0.3 is 9.13 Å². The van der Waals surface area contributed by atoms with Crippen LogP contribution in [0.5, 0.6) is 0 Å². The van der Waals surface area contributed by atoms with E-state index in [1.807, 2.05) is 12.1 Å². The highest BCUT2D eigenvalue weighted by Crippen LogP contribution is 2.40. The van der Waals surface area contributed by atoms with Gasteiger partial charge in [-0.3, -0.25) is 0 Å². The molecule has 44 heavy (non-hydrogen) atoms. The van der Waals surface area contributed by atoms with Gasteiger partial charge in [-0.2, -0.15) is 0 Å². The molecule has 0 aliphatic carbocycles. The number of nitrogens with zero attached hydrogens (tertiary/aromatic N) is 4. The number of hydrogen-bond donors (Lipinski definition) is 2. The molecule has 0 N–H and O–H groups in total. The van der Waals surface area contributed by atoms with Gasteiger partial charge in [-0.1, -0.05) is 100 Å². The van der Waals surface area contributed by atoms with Crippen molar-refractivity contribution in [1.29, 1.82) is 0 Å². The van der Waals surface area contributed by atoms with Crippen LogP contribution in [-0.2, 0) is 23.7 Å². The van der Waals surface area contributed by atoms with Crippen LogP contribution in [0, 0.1) is 0 Å². The summed E-state index contributed by atoms with van der Waals surface area (Å²) in [5.74, 6) is 1.95. The first-order chi connectivity index (χ1) is 21.1. The average Bonchev–Trinajstić information content (AvgIpc) is 3.65. The van der Waals surface area contributed by atoms with Crippen molar-refractivity contribution in [2.45, 2.75) is 61.2 Å². The summed E-state index contributed by atoms with van der Waals surface area (Å²) in [6, 6.07) is 33.9. The van der Waals surface area contributed by atoms with Gasteiger partial charge in [0.2, 0.25) is 0 Å². The number of benzene rings is 4. The molecular weight excluding hydrogens is 577 g/mol. The van der Waals surface area contributed by atoms with Crippen LogP contribution in [0.25, 0.3) is 11.4 Å². The van der Waals surface area contributed by atoms with Gasteiger partial charge >= 0.3 is 0 Å². The normalized spacial score (nSPS) is 15.2. The largest absolute Gasteiger partial charge is 0.303 e. The SMILES string of the molecule is CC1(C)c2cn(-c3ccccc3)c(n2)Cc2cccc(c2S)C(C)(C)c2cn(-c3ccccc3)c(n2)Cc2cccc1c2S. The minimum Gasteiger partial charge on any atom is -0.303 e. The Morgan fingerprint density at radius 2 is 0.909 bits per heavy atom. The lowest BCUT2D eigenvalue weighted by molar-refractivity contribution is 0.600. The van der Waals surface area contributed by atoms with Crippen molar-refractivity contribution in [3.05, 3.63) is 155 Å². The molecule has 4 aromatic carbocycles. The Morgan fingerprint density at radius 1 is 0.523 bits per heavy atom. The monoisotopic (exact) mass is 612 g/mol. The van der Waals surface area contributed by atoms with E-state index in [0.717, 1.165) is 66.5 Å². The lowest BCUT2D eigenvalue weighted by Gasteiger charge is -2.27. The Bertz CT molecular complexity index is 1840. The zero-order valence-electron chi connectivity index (χ0n) is 25.5. The second-order valence-electron chi connectivity index (χ2n) is 12.7. The van der Waals surface area contributed by atoms with Crippen LogP contribution in [0.15, 0.2) is 119 Å². The van der Waals surface area contributed by atoms with E-state index in [1.165, 1.54) is 0 Å². The topological polar surface area (TPSA) is 35.6 Å². The molecule has 7 rings (SSSR count). The Balaban J connectivity index is 1.50. The van der Waals surface area contributed by atoms with E-state index in [2.05, 4.69) is 134 Å². The molecule has 0 spiro atoms. The van der Waals surface area contributed by atoms with Crippen LogP contribution in [0.3, 0.4) is 0 Å². The summed E-state index contributed by atoms with van der Waals surface area (Å²) in [5.41, 5.74) is 7.95. The van der Waals surface area contributed by atoms with Crippen LogP contribution in [0.1, 0.15) is 73.0 Å². The van der Waals surface area contributed by atoms with Gasteiger partial charge in [-0.05, 0) is 46.5 Å². The summed E-state index contributed by atoms with van der Waals surface area (Å²) in [7, 11) is 0. The maximum Gasteiger partial charge on any atom is 0.118 e. The minimum absolute atomic E-state index is 0.396. The highest BCUT2D eigenvalue weighted by molar-refractivity contribution is 7.80. The molecule has 3 heterocycles. The van der Waals surface area contributed by atoms with Crippen molar-refractivity contribution < 1.29 is 0 Å². The molecule has 220 valence electrons. The van der Waals surface area contributed by atoms with E-state index in [0.29, 0.717) is 12.8 Å². The molecule has 1 aliphatic heterocycles. The van der Waals surface area contributed by atoms with E-state index >= 15 is 0 Å². The van der Waals surface area contributed by atoms with Crippen LogP contribution < -0.4 is 0 Å². The van der Waals surface area contributed by atoms with Gasteiger partial charge in [0.15, 0.2) is 0 Å². The minimum atomic E-state index is -0.396. The number of imidazole rings is 2. The summed E-state index contributed by atoms with van der Waals surface area (Å²) >= 11 is 10.4. The van der Waals surface area contributed by atoms with Gasteiger partial charge in [0, 0.05) is 57.2 Å². The summed E-state index contributed by atoms with van der Waals surface area (Å²) in [6.45, 7) is 8.97. The molecule has 8 bridgehead atoms. The first-order valence-electron chi connectivity index (χ1n) is 15.1. The number of para-hydroxylation sites is 2. The molecule has 2 aromatic heterocycles. The Hall–Kier alpha value is -4.00. The van der Waals surface area contributed by atoms with E-state index < -0.39 is 10.8 Å². The Labute approximate surface area is 270 Å². The van der Waals surface area contributed by atoms with Crippen LogP contribution in [0.2, 0.25) is 0 Å². The Kier molecular flexibility index (Phi) is 7.10.